The van der Waals surface area contributed by atoms with E-state index in [0.29, 0.717) is 0 Å². The van der Waals surface area contributed by atoms with Gasteiger partial charge in [-0.3, -0.25) is 9.59 Å². The van der Waals surface area contributed by atoms with Crippen LogP contribution in [0.4, 0.5) is 11.4 Å². The Kier molecular flexibility index (Phi) is 4.94. The number of nitrogens with one attached hydrogen (secondary N) is 2. The maximum Gasteiger partial charge on any atom is 0.233 e. The highest BCUT2D eigenvalue weighted by molar-refractivity contribution is 6.08. The monoisotopic (exact) mass is 296 g/mol. The van der Waals surface area contributed by atoms with Crippen LogP contribution in [0, 0.1) is 20.8 Å². The lowest BCUT2D eigenvalue weighted by Crippen LogP contribution is -2.22. The molecule has 22 heavy (non-hydrogen) atoms. The Labute approximate surface area is 130 Å². The summed E-state index contributed by atoms with van der Waals surface area (Å²) < 4.78 is 0. The fourth-order valence-corrected chi connectivity index (χ4v) is 2.25. The molecule has 0 aliphatic carbocycles. The van der Waals surface area contributed by atoms with Crippen molar-refractivity contribution in [1.82, 2.24) is 0 Å². The van der Waals surface area contributed by atoms with Crippen molar-refractivity contribution in [2.45, 2.75) is 27.2 Å². The van der Waals surface area contributed by atoms with Crippen LogP contribution in [0.5, 0.6) is 0 Å². The average Bonchev–Trinajstić information content (AvgIpc) is 2.45. The van der Waals surface area contributed by atoms with Gasteiger partial charge in [0.15, 0.2) is 0 Å². The number of carbonyl (C=O) groups excluding carboxylic acids is 2. The lowest BCUT2D eigenvalue weighted by atomic mass is 10.1. The predicted molar refractivity (Wildman–Crippen MR) is 89.0 cm³/mol. The lowest BCUT2D eigenvalue weighted by molar-refractivity contribution is -0.123. The average molecular weight is 296 g/mol. The third kappa shape index (κ3) is 3.95. The molecular formula is C18H20N2O2. The van der Waals surface area contributed by atoms with Crippen molar-refractivity contribution < 1.29 is 9.59 Å². The highest BCUT2D eigenvalue weighted by atomic mass is 16.2. The van der Waals surface area contributed by atoms with Crippen molar-refractivity contribution in [3.05, 3.63) is 59.2 Å². The zero-order valence-corrected chi connectivity index (χ0v) is 13.1. The lowest BCUT2D eigenvalue weighted by Gasteiger charge is -2.12. The van der Waals surface area contributed by atoms with Gasteiger partial charge in [-0.15, -0.1) is 0 Å². The van der Waals surface area contributed by atoms with Crippen LogP contribution in [0.25, 0.3) is 0 Å². The van der Waals surface area contributed by atoms with Gasteiger partial charge < -0.3 is 10.6 Å². The van der Waals surface area contributed by atoms with E-state index in [9.17, 15) is 9.59 Å². The van der Waals surface area contributed by atoms with E-state index in [1.54, 1.807) is 0 Å². The van der Waals surface area contributed by atoms with E-state index < -0.39 is 0 Å². The van der Waals surface area contributed by atoms with Crippen molar-refractivity contribution in [1.29, 1.82) is 0 Å². The minimum Gasteiger partial charge on any atom is -0.325 e. The Morgan fingerprint density at radius 1 is 0.773 bits per heavy atom. The number of rotatable bonds is 4. The molecule has 0 saturated carbocycles. The molecule has 2 aromatic carbocycles. The number of hydrogen-bond acceptors (Lipinski definition) is 2. The number of anilines is 2. The number of hydrogen-bond donors (Lipinski definition) is 2. The first-order valence-corrected chi connectivity index (χ1v) is 7.19. The molecule has 0 atom stereocenters. The highest BCUT2D eigenvalue weighted by Crippen LogP contribution is 2.19. The van der Waals surface area contributed by atoms with Gasteiger partial charge in [-0.1, -0.05) is 36.4 Å². The fourth-order valence-electron chi connectivity index (χ4n) is 2.25. The van der Waals surface area contributed by atoms with Crippen LogP contribution in [0.3, 0.4) is 0 Å². The first-order valence-electron chi connectivity index (χ1n) is 7.19. The molecule has 114 valence electrons. The Balaban J connectivity index is 1.98. The standard InChI is InChI=1S/C18H20N2O2/c1-12-7-4-5-10-15(12)19-16(21)11-17(22)20-18-13(2)8-6-9-14(18)3/h4-10H,11H2,1-3H3,(H,19,21)(H,20,22). The summed E-state index contributed by atoms with van der Waals surface area (Å²) in [5, 5.41) is 5.57. The number of para-hydroxylation sites is 2. The van der Waals surface area contributed by atoms with Crippen LogP contribution < -0.4 is 10.6 Å². The fraction of sp³-hybridized carbons (Fsp3) is 0.222. The quantitative estimate of drug-likeness (QED) is 0.847. The zero-order chi connectivity index (χ0) is 16.1. The molecule has 4 heteroatoms. The largest absolute Gasteiger partial charge is 0.325 e. The Hall–Kier alpha value is -2.62. The third-order valence-electron chi connectivity index (χ3n) is 3.49. The Morgan fingerprint density at radius 2 is 1.32 bits per heavy atom. The molecule has 0 aliphatic heterocycles. The van der Waals surface area contributed by atoms with Crippen LogP contribution in [0.1, 0.15) is 23.1 Å². The van der Waals surface area contributed by atoms with Gasteiger partial charge >= 0.3 is 0 Å². The van der Waals surface area contributed by atoms with Gasteiger partial charge in [-0.25, -0.2) is 0 Å². The minimum absolute atomic E-state index is 0.206. The smallest absolute Gasteiger partial charge is 0.233 e. The van der Waals surface area contributed by atoms with E-state index in [1.165, 1.54) is 0 Å². The summed E-state index contributed by atoms with van der Waals surface area (Å²) in [7, 11) is 0. The predicted octanol–water partition coefficient (Wildman–Crippen LogP) is 3.58. The van der Waals surface area contributed by atoms with Gasteiger partial charge in [0, 0.05) is 11.4 Å². The topological polar surface area (TPSA) is 58.2 Å². The first kappa shape index (κ1) is 15.8. The molecule has 0 aliphatic rings. The number of amides is 2. The molecule has 0 unspecified atom stereocenters. The second-order valence-electron chi connectivity index (χ2n) is 5.35. The van der Waals surface area contributed by atoms with Crippen molar-refractivity contribution in [2.24, 2.45) is 0 Å². The van der Waals surface area contributed by atoms with Crippen molar-refractivity contribution in [3.8, 4) is 0 Å². The molecule has 0 spiro atoms. The van der Waals surface area contributed by atoms with Gasteiger partial charge in [-0.05, 0) is 43.5 Å². The second kappa shape index (κ2) is 6.89. The highest BCUT2D eigenvalue weighted by Gasteiger charge is 2.12. The van der Waals surface area contributed by atoms with E-state index in [1.807, 2.05) is 63.2 Å². The molecule has 0 radical (unpaired) electrons. The minimum atomic E-state index is -0.321. The van der Waals surface area contributed by atoms with Gasteiger partial charge in [0.1, 0.15) is 6.42 Å². The van der Waals surface area contributed by atoms with E-state index in [0.717, 1.165) is 28.1 Å². The molecular weight excluding hydrogens is 276 g/mol. The number of carbonyl (C=O) groups is 2. The van der Waals surface area contributed by atoms with Crippen LogP contribution in [-0.4, -0.2) is 11.8 Å². The summed E-state index contributed by atoms with van der Waals surface area (Å²) in [5.41, 5.74) is 4.43. The molecule has 0 fully saturated rings. The molecule has 0 heterocycles. The summed E-state index contributed by atoms with van der Waals surface area (Å²) in [4.78, 5) is 24.0. The van der Waals surface area contributed by atoms with Crippen LogP contribution in [0.15, 0.2) is 42.5 Å². The molecule has 0 bridgehead atoms. The van der Waals surface area contributed by atoms with E-state index in [2.05, 4.69) is 10.6 Å². The summed E-state index contributed by atoms with van der Waals surface area (Å²) in [5.74, 6) is -0.637. The SMILES string of the molecule is Cc1ccccc1NC(=O)CC(=O)Nc1c(C)cccc1C. The number of aryl methyl sites for hydroxylation is 3. The summed E-state index contributed by atoms with van der Waals surface area (Å²) in [6.07, 6.45) is -0.206. The summed E-state index contributed by atoms with van der Waals surface area (Å²) in [6.45, 7) is 5.76. The van der Waals surface area contributed by atoms with Gasteiger partial charge in [0.05, 0.1) is 0 Å². The van der Waals surface area contributed by atoms with Crippen molar-refractivity contribution in [2.75, 3.05) is 10.6 Å². The summed E-state index contributed by atoms with van der Waals surface area (Å²) >= 11 is 0. The normalized spacial score (nSPS) is 10.1. The van der Waals surface area contributed by atoms with E-state index >= 15 is 0 Å². The van der Waals surface area contributed by atoms with E-state index in [-0.39, 0.29) is 18.2 Å². The van der Waals surface area contributed by atoms with Gasteiger partial charge in [0.25, 0.3) is 0 Å². The van der Waals surface area contributed by atoms with Crippen molar-refractivity contribution >= 4 is 23.2 Å². The Bertz CT molecular complexity index is 688. The molecule has 4 nitrogen and oxygen atoms in total. The van der Waals surface area contributed by atoms with Crippen LogP contribution in [0.2, 0.25) is 0 Å². The Morgan fingerprint density at radius 3 is 1.95 bits per heavy atom. The van der Waals surface area contributed by atoms with Crippen LogP contribution >= 0.6 is 0 Å². The molecule has 2 aromatic rings. The molecule has 0 aromatic heterocycles. The molecule has 2 N–H and O–H groups in total. The van der Waals surface area contributed by atoms with Gasteiger partial charge in [0.2, 0.25) is 11.8 Å². The molecule has 2 rings (SSSR count). The summed E-state index contributed by atoms with van der Waals surface area (Å²) in [6, 6.07) is 13.3. The van der Waals surface area contributed by atoms with Crippen LogP contribution in [-0.2, 0) is 9.59 Å². The van der Waals surface area contributed by atoms with E-state index in [4.69, 9.17) is 0 Å². The maximum absolute atomic E-state index is 12.0. The third-order valence-corrected chi connectivity index (χ3v) is 3.49. The number of benzene rings is 2. The van der Waals surface area contributed by atoms with Gasteiger partial charge in [-0.2, -0.15) is 0 Å². The first-order chi connectivity index (χ1) is 10.5. The molecule has 2 amide bonds. The zero-order valence-electron chi connectivity index (χ0n) is 13.1. The maximum atomic E-state index is 12.0. The van der Waals surface area contributed by atoms with Crippen molar-refractivity contribution in [3.63, 3.8) is 0 Å². The second-order valence-corrected chi connectivity index (χ2v) is 5.35. The molecule has 0 saturated heterocycles.